The maximum absolute atomic E-state index is 13.3. The highest BCUT2D eigenvalue weighted by Gasteiger charge is 2.31. The Kier molecular flexibility index (Phi) is 4.79. The van der Waals surface area contributed by atoms with Crippen molar-refractivity contribution in [2.24, 2.45) is 0 Å². The van der Waals surface area contributed by atoms with E-state index in [1.54, 1.807) is 12.4 Å². The fourth-order valence-corrected chi connectivity index (χ4v) is 4.63. The molecule has 0 spiro atoms. The van der Waals surface area contributed by atoms with Crippen LogP contribution in [0.1, 0.15) is 35.2 Å². The molecular formula is C23H25FN4O. The topological polar surface area (TPSA) is 41.4 Å². The summed E-state index contributed by atoms with van der Waals surface area (Å²) in [6.07, 6.45) is 5.38. The lowest BCUT2D eigenvalue weighted by atomic mass is 10.1. The summed E-state index contributed by atoms with van der Waals surface area (Å²) in [5, 5.41) is 0. The summed E-state index contributed by atoms with van der Waals surface area (Å²) in [5.41, 5.74) is 3.38. The lowest BCUT2D eigenvalue weighted by molar-refractivity contribution is 0.0780. The van der Waals surface area contributed by atoms with Gasteiger partial charge in [-0.05, 0) is 62.2 Å². The number of likely N-dealkylation sites (tertiary alicyclic amines) is 2. The van der Waals surface area contributed by atoms with Gasteiger partial charge in [-0.1, -0.05) is 12.1 Å². The molecule has 6 heteroatoms. The van der Waals surface area contributed by atoms with Crippen molar-refractivity contribution in [3.8, 4) is 0 Å². The average Bonchev–Trinajstić information content (AvgIpc) is 3.49. The number of nitrogens with zero attached hydrogens (tertiary/aromatic N) is 4. The monoisotopic (exact) mass is 392 g/mol. The number of imidazole rings is 1. The number of hydrogen-bond donors (Lipinski definition) is 0. The Bertz CT molecular complexity index is 1020. The molecule has 2 aromatic carbocycles. The van der Waals surface area contributed by atoms with Crippen molar-refractivity contribution in [3.05, 3.63) is 65.7 Å². The molecule has 3 heterocycles. The van der Waals surface area contributed by atoms with Crippen molar-refractivity contribution in [1.82, 2.24) is 19.4 Å². The molecule has 2 aliphatic heterocycles. The molecule has 3 aromatic rings. The summed E-state index contributed by atoms with van der Waals surface area (Å²) >= 11 is 0. The van der Waals surface area contributed by atoms with Gasteiger partial charge in [0.25, 0.3) is 5.91 Å². The van der Waals surface area contributed by atoms with Crippen molar-refractivity contribution in [1.29, 1.82) is 0 Å². The highest BCUT2D eigenvalue weighted by Crippen LogP contribution is 2.22. The van der Waals surface area contributed by atoms with Crippen LogP contribution in [-0.2, 0) is 6.54 Å². The van der Waals surface area contributed by atoms with Gasteiger partial charge >= 0.3 is 0 Å². The fourth-order valence-electron chi connectivity index (χ4n) is 4.63. The molecule has 1 atom stereocenters. The first-order valence-electron chi connectivity index (χ1n) is 10.4. The first-order valence-corrected chi connectivity index (χ1v) is 10.4. The van der Waals surface area contributed by atoms with Gasteiger partial charge in [-0.3, -0.25) is 9.69 Å². The van der Waals surface area contributed by atoms with E-state index in [2.05, 4.69) is 9.88 Å². The largest absolute Gasteiger partial charge is 0.337 e. The smallest absolute Gasteiger partial charge is 0.253 e. The van der Waals surface area contributed by atoms with Gasteiger partial charge in [-0.2, -0.15) is 0 Å². The van der Waals surface area contributed by atoms with E-state index in [-0.39, 0.29) is 11.7 Å². The Hall–Kier alpha value is -2.73. The second-order valence-corrected chi connectivity index (χ2v) is 8.14. The van der Waals surface area contributed by atoms with Crippen molar-refractivity contribution >= 4 is 16.9 Å². The van der Waals surface area contributed by atoms with Gasteiger partial charge < -0.3 is 9.47 Å². The van der Waals surface area contributed by atoms with Crippen molar-refractivity contribution in [2.75, 3.05) is 26.2 Å². The molecule has 2 saturated heterocycles. The second kappa shape index (κ2) is 7.59. The van der Waals surface area contributed by atoms with Gasteiger partial charge in [0.05, 0.1) is 17.4 Å². The minimum atomic E-state index is -0.278. The van der Waals surface area contributed by atoms with Crippen LogP contribution in [-0.4, -0.2) is 57.5 Å². The average molecular weight is 392 g/mol. The first kappa shape index (κ1) is 18.3. The van der Waals surface area contributed by atoms with Crippen LogP contribution in [0.5, 0.6) is 0 Å². The minimum absolute atomic E-state index is 0.127. The number of rotatable bonds is 4. The van der Waals surface area contributed by atoms with E-state index < -0.39 is 0 Å². The van der Waals surface area contributed by atoms with Crippen LogP contribution in [0.25, 0.3) is 11.0 Å². The molecule has 0 N–H and O–H groups in total. The summed E-state index contributed by atoms with van der Waals surface area (Å²) in [7, 11) is 0. The Labute approximate surface area is 169 Å². The first-order chi connectivity index (χ1) is 14.2. The molecule has 0 bridgehead atoms. The zero-order chi connectivity index (χ0) is 19.8. The summed E-state index contributed by atoms with van der Waals surface area (Å²) in [5.74, 6) is -0.152. The summed E-state index contributed by atoms with van der Waals surface area (Å²) in [4.78, 5) is 21.7. The molecule has 1 amide bonds. The van der Waals surface area contributed by atoms with E-state index in [0.717, 1.165) is 36.2 Å². The number of hydrogen-bond acceptors (Lipinski definition) is 3. The van der Waals surface area contributed by atoms with E-state index in [1.807, 2.05) is 33.7 Å². The molecule has 5 nitrogen and oxygen atoms in total. The van der Waals surface area contributed by atoms with E-state index in [1.165, 1.54) is 38.1 Å². The van der Waals surface area contributed by atoms with Gasteiger partial charge in [-0.25, -0.2) is 9.37 Å². The van der Waals surface area contributed by atoms with Crippen molar-refractivity contribution < 1.29 is 9.18 Å². The van der Waals surface area contributed by atoms with Crippen molar-refractivity contribution in [2.45, 2.75) is 31.8 Å². The number of halogens is 1. The molecule has 0 aliphatic carbocycles. The number of amides is 1. The summed E-state index contributed by atoms with van der Waals surface area (Å²) in [6, 6.07) is 13.0. The molecule has 150 valence electrons. The Morgan fingerprint density at radius 2 is 1.86 bits per heavy atom. The van der Waals surface area contributed by atoms with E-state index in [9.17, 15) is 9.18 Å². The maximum atomic E-state index is 13.3. The fraction of sp³-hybridized carbons (Fsp3) is 0.391. The maximum Gasteiger partial charge on any atom is 0.253 e. The minimum Gasteiger partial charge on any atom is -0.337 e. The van der Waals surface area contributed by atoms with Crippen LogP contribution in [0.4, 0.5) is 4.39 Å². The lowest BCUT2D eigenvalue weighted by Gasteiger charge is -2.23. The zero-order valence-corrected chi connectivity index (χ0v) is 16.4. The van der Waals surface area contributed by atoms with Gasteiger partial charge in [0.2, 0.25) is 0 Å². The molecule has 29 heavy (non-hydrogen) atoms. The van der Waals surface area contributed by atoms with E-state index in [0.29, 0.717) is 18.1 Å². The molecule has 5 rings (SSSR count). The third-order valence-corrected chi connectivity index (χ3v) is 6.24. The van der Waals surface area contributed by atoms with Crippen LogP contribution in [0.15, 0.2) is 48.8 Å². The summed E-state index contributed by atoms with van der Waals surface area (Å²) in [6.45, 7) is 4.68. The summed E-state index contributed by atoms with van der Waals surface area (Å²) < 4.78 is 15.3. The molecule has 0 unspecified atom stereocenters. The highest BCUT2D eigenvalue weighted by molar-refractivity contribution is 5.94. The number of fused-ring (bicyclic) bond motifs is 1. The molecular weight excluding hydrogens is 367 g/mol. The lowest BCUT2D eigenvalue weighted by Crippen LogP contribution is -2.37. The molecule has 1 aromatic heterocycles. The molecule has 0 radical (unpaired) electrons. The van der Waals surface area contributed by atoms with E-state index >= 15 is 0 Å². The third kappa shape index (κ3) is 3.65. The van der Waals surface area contributed by atoms with Gasteiger partial charge in [-0.15, -0.1) is 0 Å². The van der Waals surface area contributed by atoms with Crippen LogP contribution < -0.4 is 0 Å². The van der Waals surface area contributed by atoms with Crippen LogP contribution in [0.2, 0.25) is 0 Å². The van der Waals surface area contributed by atoms with Crippen LogP contribution in [0, 0.1) is 5.82 Å². The number of carbonyl (C=O) groups is 1. The quantitative estimate of drug-likeness (QED) is 0.682. The standard InChI is InChI=1S/C23H25FN4O/c24-19-7-8-22-21(13-19)25-16-28(22)14-17-3-5-18(6-4-17)23(29)27-12-9-20(15-27)26-10-1-2-11-26/h3-8,13,16,20H,1-2,9-12,14-15H2/t20-/m0/s1. The Morgan fingerprint density at radius 3 is 2.66 bits per heavy atom. The van der Waals surface area contributed by atoms with Gasteiger partial charge in [0.1, 0.15) is 5.82 Å². The molecule has 0 saturated carbocycles. The Balaban J connectivity index is 1.25. The second-order valence-electron chi connectivity index (χ2n) is 8.14. The van der Waals surface area contributed by atoms with Gasteiger partial charge in [0.15, 0.2) is 0 Å². The number of carbonyl (C=O) groups excluding carboxylic acids is 1. The van der Waals surface area contributed by atoms with E-state index in [4.69, 9.17) is 0 Å². The SMILES string of the molecule is O=C(c1ccc(Cn2cnc3cc(F)ccc32)cc1)N1CC[C@H](N2CCCC2)C1. The third-order valence-electron chi connectivity index (χ3n) is 6.24. The van der Waals surface area contributed by atoms with Crippen LogP contribution >= 0.6 is 0 Å². The Morgan fingerprint density at radius 1 is 1.07 bits per heavy atom. The van der Waals surface area contributed by atoms with Gasteiger partial charge in [0, 0.05) is 37.3 Å². The predicted octanol–water partition coefficient (Wildman–Crippen LogP) is 3.53. The molecule has 2 aliphatic rings. The zero-order valence-electron chi connectivity index (χ0n) is 16.4. The number of aromatic nitrogens is 2. The molecule has 2 fully saturated rings. The van der Waals surface area contributed by atoms with Crippen LogP contribution in [0.3, 0.4) is 0 Å². The normalized spacial score (nSPS) is 20.0. The highest BCUT2D eigenvalue weighted by atomic mass is 19.1. The number of benzene rings is 2. The predicted molar refractivity (Wildman–Crippen MR) is 110 cm³/mol. The van der Waals surface area contributed by atoms with Crippen molar-refractivity contribution in [3.63, 3.8) is 0 Å².